The number of aromatic nitrogens is 1. The first-order valence-corrected chi connectivity index (χ1v) is 6.66. The summed E-state index contributed by atoms with van der Waals surface area (Å²) in [6.45, 7) is 2.44. The Morgan fingerprint density at radius 2 is 1.95 bits per heavy atom. The Bertz CT molecular complexity index is 692. The average molecular weight is 309 g/mol. The van der Waals surface area contributed by atoms with Gasteiger partial charge in [0.2, 0.25) is 0 Å². The van der Waals surface area contributed by atoms with Crippen LogP contribution in [-0.2, 0) is 0 Å². The van der Waals surface area contributed by atoms with E-state index in [-0.39, 0.29) is 22.8 Å². The Labute approximate surface area is 125 Å². The van der Waals surface area contributed by atoms with E-state index in [0.29, 0.717) is 6.54 Å². The second-order valence-electron chi connectivity index (χ2n) is 4.57. The topological polar surface area (TPSA) is 54.0 Å². The van der Waals surface area contributed by atoms with Crippen LogP contribution in [0.25, 0.3) is 0 Å². The minimum absolute atomic E-state index is 0.244. The SMILES string of the molecule is CCCNC(=O)c1cncc(Nc2ccc(F)c(F)c2F)c1. The smallest absolute Gasteiger partial charge is 0.252 e. The Morgan fingerprint density at radius 1 is 1.18 bits per heavy atom. The summed E-state index contributed by atoms with van der Waals surface area (Å²) in [4.78, 5) is 15.7. The minimum atomic E-state index is -1.56. The molecule has 0 saturated carbocycles. The first-order chi connectivity index (χ1) is 10.5. The molecule has 1 amide bonds. The summed E-state index contributed by atoms with van der Waals surface area (Å²) in [6.07, 6.45) is 3.49. The average Bonchev–Trinajstić information content (AvgIpc) is 2.53. The van der Waals surface area contributed by atoms with Crippen molar-refractivity contribution in [2.45, 2.75) is 13.3 Å². The van der Waals surface area contributed by atoms with Crippen LogP contribution >= 0.6 is 0 Å². The number of halogens is 3. The van der Waals surface area contributed by atoms with Crippen LogP contribution in [0.3, 0.4) is 0 Å². The van der Waals surface area contributed by atoms with Crippen molar-refractivity contribution in [2.75, 3.05) is 11.9 Å². The van der Waals surface area contributed by atoms with E-state index in [9.17, 15) is 18.0 Å². The van der Waals surface area contributed by atoms with Gasteiger partial charge in [-0.1, -0.05) is 6.92 Å². The lowest BCUT2D eigenvalue weighted by atomic mass is 10.2. The van der Waals surface area contributed by atoms with Gasteiger partial charge in [0, 0.05) is 12.7 Å². The molecule has 1 heterocycles. The quantitative estimate of drug-likeness (QED) is 0.833. The maximum atomic E-state index is 13.6. The fourth-order valence-corrected chi connectivity index (χ4v) is 1.75. The highest BCUT2D eigenvalue weighted by Crippen LogP contribution is 2.23. The zero-order valence-corrected chi connectivity index (χ0v) is 11.8. The number of carbonyl (C=O) groups excluding carboxylic acids is 1. The van der Waals surface area contributed by atoms with Gasteiger partial charge in [-0.2, -0.15) is 0 Å². The predicted molar refractivity (Wildman–Crippen MR) is 76.5 cm³/mol. The summed E-state index contributed by atoms with van der Waals surface area (Å²) in [6, 6.07) is 3.32. The molecule has 7 heteroatoms. The van der Waals surface area contributed by atoms with Gasteiger partial charge in [0.15, 0.2) is 17.5 Å². The molecule has 1 aromatic carbocycles. The van der Waals surface area contributed by atoms with Crippen LogP contribution < -0.4 is 10.6 Å². The van der Waals surface area contributed by atoms with Crippen molar-refractivity contribution in [3.63, 3.8) is 0 Å². The molecule has 0 atom stereocenters. The van der Waals surface area contributed by atoms with Gasteiger partial charge in [0.05, 0.1) is 23.1 Å². The Morgan fingerprint density at radius 3 is 2.68 bits per heavy atom. The van der Waals surface area contributed by atoms with Gasteiger partial charge in [-0.25, -0.2) is 13.2 Å². The highest BCUT2D eigenvalue weighted by atomic mass is 19.2. The van der Waals surface area contributed by atoms with Crippen LogP contribution in [0.5, 0.6) is 0 Å². The normalized spacial score (nSPS) is 10.4. The number of hydrogen-bond donors (Lipinski definition) is 2. The summed E-state index contributed by atoms with van der Waals surface area (Å²) in [5.74, 6) is -4.48. The standard InChI is InChI=1S/C15H14F3N3O/c1-2-5-20-15(22)9-6-10(8-19-7-9)21-12-4-3-11(16)13(17)14(12)18/h3-4,6-8,21H,2,5H2,1H3,(H,20,22). The summed E-state index contributed by atoms with van der Waals surface area (Å²) < 4.78 is 39.6. The van der Waals surface area contributed by atoms with Crippen molar-refractivity contribution in [3.8, 4) is 0 Å². The molecule has 0 unspecified atom stereocenters. The highest BCUT2D eigenvalue weighted by Gasteiger charge is 2.14. The predicted octanol–water partition coefficient (Wildman–Crippen LogP) is 3.38. The number of rotatable bonds is 5. The van der Waals surface area contributed by atoms with Crippen LogP contribution in [0.1, 0.15) is 23.7 Å². The molecule has 0 aliphatic carbocycles. The van der Waals surface area contributed by atoms with Crippen LogP contribution in [0, 0.1) is 17.5 Å². The number of nitrogens with one attached hydrogen (secondary N) is 2. The highest BCUT2D eigenvalue weighted by molar-refractivity contribution is 5.94. The van der Waals surface area contributed by atoms with Gasteiger partial charge in [0.25, 0.3) is 5.91 Å². The molecule has 0 aliphatic heterocycles. The number of carbonyl (C=O) groups is 1. The molecule has 0 radical (unpaired) electrons. The third-order valence-electron chi connectivity index (χ3n) is 2.85. The maximum Gasteiger partial charge on any atom is 0.252 e. The molecule has 2 N–H and O–H groups in total. The first kappa shape index (κ1) is 15.8. The van der Waals surface area contributed by atoms with Gasteiger partial charge in [-0.3, -0.25) is 9.78 Å². The van der Waals surface area contributed by atoms with E-state index in [1.54, 1.807) is 0 Å². The number of hydrogen-bond acceptors (Lipinski definition) is 3. The van der Waals surface area contributed by atoms with Gasteiger partial charge >= 0.3 is 0 Å². The lowest BCUT2D eigenvalue weighted by Gasteiger charge is -2.09. The summed E-state index contributed by atoms with van der Waals surface area (Å²) in [5.41, 5.74) is 0.322. The molecule has 22 heavy (non-hydrogen) atoms. The van der Waals surface area contributed by atoms with Gasteiger partial charge in [0.1, 0.15) is 0 Å². The molecule has 116 valence electrons. The number of benzene rings is 1. The fraction of sp³-hybridized carbons (Fsp3) is 0.200. The summed E-state index contributed by atoms with van der Waals surface area (Å²) >= 11 is 0. The van der Waals surface area contributed by atoms with Crippen molar-refractivity contribution >= 4 is 17.3 Å². The van der Waals surface area contributed by atoms with Crippen LogP contribution in [-0.4, -0.2) is 17.4 Å². The van der Waals surface area contributed by atoms with Crippen LogP contribution in [0.2, 0.25) is 0 Å². The third kappa shape index (κ3) is 3.55. The fourth-order valence-electron chi connectivity index (χ4n) is 1.75. The first-order valence-electron chi connectivity index (χ1n) is 6.66. The molecule has 2 aromatic rings. The Hall–Kier alpha value is -2.57. The second kappa shape index (κ2) is 6.93. The zero-order chi connectivity index (χ0) is 16.1. The van der Waals surface area contributed by atoms with Crippen LogP contribution in [0.15, 0.2) is 30.6 Å². The monoisotopic (exact) mass is 309 g/mol. The van der Waals surface area contributed by atoms with E-state index in [2.05, 4.69) is 15.6 Å². The number of pyridine rings is 1. The van der Waals surface area contributed by atoms with Crippen molar-refractivity contribution in [1.82, 2.24) is 10.3 Å². The molecular formula is C15H14F3N3O. The van der Waals surface area contributed by atoms with E-state index >= 15 is 0 Å². The minimum Gasteiger partial charge on any atom is -0.352 e. The Balaban J connectivity index is 2.21. The molecule has 1 aromatic heterocycles. The van der Waals surface area contributed by atoms with Crippen LogP contribution in [0.4, 0.5) is 24.5 Å². The third-order valence-corrected chi connectivity index (χ3v) is 2.85. The number of amides is 1. The lowest BCUT2D eigenvalue weighted by molar-refractivity contribution is 0.0953. The maximum absolute atomic E-state index is 13.6. The van der Waals surface area contributed by atoms with Crippen molar-refractivity contribution < 1.29 is 18.0 Å². The van der Waals surface area contributed by atoms with E-state index in [1.165, 1.54) is 18.5 Å². The van der Waals surface area contributed by atoms with E-state index in [4.69, 9.17) is 0 Å². The van der Waals surface area contributed by atoms with Crippen molar-refractivity contribution in [3.05, 3.63) is 53.6 Å². The Kier molecular flexibility index (Phi) is 4.98. The molecule has 0 fully saturated rings. The van der Waals surface area contributed by atoms with Gasteiger partial charge in [-0.05, 0) is 24.6 Å². The van der Waals surface area contributed by atoms with Crippen molar-refractivity contribution in [1.29, 1.82) is 0 Å². The molecule has 0 spiro atoms. The van der Waals surface area contributed by atoms with Crippen molar-refractivity contribution in [2.24, 2.45) is 0 Å². The van der Waals surface area contributed by atoms with Gasteiger partial charge < -0.3 is 10.6 Å². The molecule has 0 aliphatic rings. The zero-order valence-electron chi connectivity index (χ0n) is 11.8. The molecule has 4 nitrogen and oxygen atoms in total. The van der Waals surface area contributed by atoms with E-state index < -0.39 is 17.5 Å². The molecule has 2 rings (SSSR count). The summed E-state index contributed by atoms with van der Waals surface area (Å²) in [7, 11) is 0. The number of anilines is 2. The molecule has 0 bridgehead atoms. The molecular weight excluding hydrogens is 295 g/mol. The number of nitrogens with zero attached hydrogens (tertiary/aromatic N) is 1. The van der Waals surface area contributed by atoms with E-state index in [1.807, 2.05) is 6.92 Å². The lowest BCUT2D eigenvalue weighted by Crippen LogP contribution is -2.24. The van der Waals surface area contributed by atoms with Gasteiger partial charge in [-0.15, -0.1) is 0 Å². The van der Waals surface area contributed by atoms with E-state index in [0.717, 1.165) is 18.6 Å². The summed E-state index contributed by atoms with van der Waals surface area (Å²) in [5, 5.41) is 5.24. The second-order valence-corrected chi connectivity index (χ2v) is 4.57. The molecule has 0 saturated heterocycles. The largest absolute Gasteiger partial charge is 0.352 e.